The summed E-state index contributed by atoms with van der Waals surface area (Å²) in [4.78, 5) is 12.3. The van der Waals surface area contributed by atoms with Crippen LogP contribution >= 0.6 is 0 Å². The van der Waals surface area contributed by atoms with Crippen molar-refractivity contribution in [3.05, 3.63) is 71.8 Å². The molecular formula is C18H20N2O2. The van der Waals surface area contributed by atoms with E-state index in [2.05, 4.69) is 11.9 Å². The molecule has 0 aliphatic rings. The van der Waals surface area contributed by atoms with Crippen LogP contribution < -0.4 is 15.8 Å². The molecule has 0 heterocycles. The van der Waals surface area contributed by atoms with Crippen LogP contribution in [0.2, 0.25) is 0 Å². The molecule has 0 saturated carbocycles. The molecule has 0 aliphatic heterocycles. The SMILES string of the molecule is C=C(CN)COc1ccc(C(=O)Nc2ccccc2)c(C)c1. The Bertz CT molecular complexity index is 666. The molecule has 0 atom stereocenters. The van der Waals surface area contributed by atoms with Gasteiger partial charge in [-0.15, -0.1) is 0 Å². The number of carbonyl (C=O) groups excluding carboxylic acids is 1. The average molecular weight is 296 g/mol. The molecular weight excluding hydrogens is 276 g/mol. The first-order valence-corrected chi connectivity index (χ1v) is 7.06. The molecule has 0 radical (unpaired) electrons. The third-order valence-corrected chi connectivity index (χ3v) is 3.21. The summed E-state index contributed by atoms with van der Waals surface area (Å²) in [5, 5.41) is 2.87. The number of nitrogens with two attached hydrogens (primary N) is 1. The van der Waals surface area contributed by atoms with Gasteiger partial charge in [-0.25, -0.2) is 0 Å². The standard InChI is InChI=1S/C18H20N2O2/c1-13(11-19)12-22-16-8-9-17(14(2)10-16)18(21)20-15-6-4-3-5-7-15/h3-10H,1,11-12,19H2,2H3,(H,20,21). The third-order valence-electron chi connectivity index (χ3n) is 3.21. The number of anilines is 1. The second-order valence-corrected chi connectivity index (χ2v) is 5.04. The van der Waals surface area contributed by atoms with E-state index in [0.29, 0.717) is 24.5 Å². The quantitative estimate of drug-likeness (QED) is 0.805. The Hall–Kier alpha value is -2.59. The highest BCUT2D eigenvalue weighted by Crippen LogP contribution is 2.19. The lowest BCUT2D eigenvalue weighted by Gasteiger charge is -2.11. The lowest BCUT2D eigenvalue weighted by Crippen LogP contribution is -2.13. The summed E-state index contributed by atoms with van der Waals surface area (Å²) in [6, 6.07) is 14.7. The van der Waals surface area contributed by atoms with Crippen molar-refractivity contribution in [3.8, 4) is 5.75 Å². The van der Waals surface area contributed by atoms with Crippen LogP contribution in [0.25, 0.3) is 0 Å². The van der Waals surface area contributed by atoms with Crippen LogP contribution in [0.4, 0.5) is 5.69 Å². The fraction of sp³-hybridized carbons (Fsp3) is 0.167. The smallest absolute Gasteiger partial charge is 0.255 e. The Morgan fingerprint density at radius 3 is 2.59 bits per heavy atom. The molecule has 0 saturated heterocycles. The van der Waals surface area contributed by atoms with Crippen LogP contribution in [0.5, 0.6) is 5.75 Å². The fourth-order valence-electron chi connectivity index (χ4n) is 1.94. The molecule has 4 nitrogen and oxygen atoms in total. The Balaban J connectivity index is 2.06. The maximum absolute atomic E-state index is 12.3. The van der Waals surface area contributed by atoms with Gasteiger partial charge in [-0.05, 0) is 48.4 Å². The van der Waals surface area contributed by atoms with Crippen LogP contribution in [0.15, 0.2) is 60.7 Å². The van der Waals surface area contributed by atoms with Gasteiger partial charge in [0.15, 0.2) is 0 Å². The molecule has 0 aliphatic carbocycles. The number of carbonyl (C=O) groups is 1. The minimum Gasteiger partial charge on any atom is -0.489 e. The van der Waals surface area contributed by atoms with Gasteiger partial charge in [0.1, 0.15) is 12.4 Å². The predicted octanol–water partition coefficient (Wildman–Crippen LogP) is 3.14. The first-order valence-electron chi connectivity index (χ1n) is 7.06. The predicted molar refractivity (Wildman–Crippen MR) is 89.3 cm³/mol. The molecule has 2 aromatic carbocycles. The van der Waals surface area contributed by atoms with Crippen molar-refractivity contribution in [2.75, 3.05) is 18.5 Å². The van der Waals surface area contributed by atoms with Crippen LogP contribution in [0, 0.1) is 6.92 Å². The van der Waals surface area contributed by atoms with Gasteiger partial charge in [0, 0.05) is 17.8 Å². The van der Waals surface area contributed by atoms with Gasteiger partial charge >= 0.3 is 0 Å². The molecule has 2 aromatic rings. The largest absolute Gasteiger partial charge is 0.489 e. The number of ether oxygens (including phenoxy) is 1. The molecule has 22 heavy (non-hydrogen) atoms. The lowest BCUT2D eigenvalue weighted by molar-refractivity contribution is 0.102. The van der Waals surface area contributed by atoms with Crippen molar-refractivity contribution in [2.45, 2.75) is 6.92 Å². The molecule has 1 amide bonds. The van der Waals surface area contributed by atoms with E-state index in [1.54, 1.807) is 12.1 Å². The van der Waals surface area contributed by atoms with Crippen LogP contribution in [-0.4, -0.2) is 19.1 Å². The van der Waals surface area contributed by atoms with Gasteiger partial charge in [0.05, 0.1) is 0 Å². The molecule has 0 spiro atoms. The van der Waals surface area contributed by atoms with Gasteiger partial charge in [0.25, 0.3) is 5.91 Å². The van der Waals surface area contributed by atoms with E-state index in [4.69, 9.17) is 10.5 Å². The van der Waals surface area contributed by atoms with Crippen LogP contribution in [0.3, 0.4) is 0 Å². The van der Waals surface area contributed by atoms with Crippen LogP contribution in [-0.2, 0) is 0 Å². The van der Waals surface area contributed by atoms with Crippen molar-refractivity contribution in [1.29, 1.82) is 0 Å². The van der Waals surface area contributed by atoms with Gasteiger partial charge < -0.3 is 15.8 Å². The minimum atomic E-state index is -0.137. The topological polar surface area (TPSA) is 64.3 Å². The van der Waals surface area contributed by atoms with Gasteiger partial charge in [-0.1, -0.05) is 24.8 Å². The normalized spacial score (nSPS) is 10.1. The molecule has 114 valence electrons. The first kappa shape index (κ1) is 15.8. The number of hydrogen-bond donors (Lipinski definition) is 2. The zero-order chi connectivity index (χ0) is 15.9. The summed E-state index contributed by atoms with van der Waals surface area (Å²) in [7, 11) is 0. The Kier molecular flexibility index (Phi) is 5.33. The van der Waals surface area contributed by atoms with Gasteiger partial charge in [0.2, 0.25) is 0 Å². The second kappa shape index (κ2) is 7.43. The van der Waals surface area contributed by atoms with E-state index < -0.39 is 0 Å². The van der Waals surface area contributed by atoms with Crippen molar-refractivity contribution >= 4 is 11.6 Å². The summed E-state index contributed by atoms with van der Waals surface area (Å²) in [6.07, 6.45) is 0. The second-order valence-electron chi connectivity index (χ2n) is 5.04. The number of benzene rings is 2. The van der Waals surface area contributed by atoms with Gasteiger partial charge in [-0.2, -0.15) is 0 Å². The molecule has 0 unspecified atom stereocenters. The molecule has 0 fully saturated rings. The highest BCUT2D eigenvalue weighted by molar-refractivity contribution is 6.05. The van der Waals surface area contributed by atoms with Crippen molar-refractivity contribution in [3.63, 3.8) is 0 Å². The molecule has 0 aromatic heterocycles. The van der Waals surface area contributed by atoms with E-state index >= 15 is 0 Å². The highest BCUT2D eigenvalue weighted by Gasteiger charge is 2.10. The summed E-state index contributed by atoms with van der Waals surface area (Å²) in [6.45, 7) is 6.45. The average Bonchev–Trinajstić information content (AvgIpc) is 2.53. The van der Waals surface area contributed by atoms with Gasteiger partial charge in [-0.3, -0.25) is 4.79 Å². The number of aryl methyl sites for hydroxylation is 1. The molecule has 2 rings (SSSR count). The Morgan fingerprint density at radius 2 is 1.95 bits per heavy atom. The maximum atomic E-state index is 12.3. The summed E-state index contributed by atoms with van der Waals surface area (Å²) in [5.41, 5.74) is 8.53. The highest BCUT2D eigenvalue weighted by atomic mass is 16.5. The van der Waals surface area contributed by atoms with Crippen molar-refractivity contribution in [1.82, 2.24) is 0 Å². The molecule has 3 N–H and O–H groups in total. The van der Waals surface area contributed by atoms with Crippen molar-refractivity contribution < 1.29 is 9.53 Å². The van der Waals surface area contributed by atoms with E-state index in [1.165, 1.54) is 0 Å². The fourth-order valence-corrected chi connectivity index (χ4v) is 1.94. The number of para-hydroxylation sites is 1. The van der Waals surface area contributed by atoms with E-state index in [1.807, 2.05) is 43.3 Å². The van der Waals surface area contributed by atoms with Crippen LogP contribution in [0.1, 0.15) is 15.9 Å². The first-order chi connectivity index (χ1) is 10.6. The van der Waals surface area contributed by atoms with E-state index in [0.717, 1.165) is 16.8 Å². The summed E-state index contributed by atoms with van der Waals surface area (Å²) >= 11 is 0. The van der Waals surface area contributed by atoms with E-state index in [9.17, 15) is 4.79 Å². The summed E-state index contributed by atoms with van der Waals surface area (Å²) in [5.74, 6) is 0.560. The number of hydrogen-bond acceptors (Lipinski definition) is 3. The Labute approximate surface area is 130 Å². The number of rotatable bonds is 6. The summed E-state index contributed by atoms with van der Waals surface area (Å²) < 4.78 is 5.58. The maximum Gasteiger partial charge on any atom is 0.255 e. The minimum absolute atomic E-state index is 0.137. The van der Waals surface area contributed by atoms with E-state index in [-0.39, 0.29) is 5.91 Å². The Morgan fingerprint density at radius 1 is 1.23 bits per heavy atom. The molecule has 0 bridgehead atoms. The third kappa shape index (κ3) is 4.20. The monoisotopic (exact) mass is 296 g/mol. The lowest BCUT2D eigenvalue weighted by atomic mass is 10.1. The molecule has 4 heteroatoms. The number of nitrogens with one attached hydrogen (secondary N) is 1. The van der Waals surface area contributed by atoms with Crippen molar-refractivity contribution in [2.24, 2.45) is 5.73 Å². The zero-order valence-corrected chi connectivity index (χ0v) is 12.6. The zero-order valence-electron chi connectivity index (χ0n) is 12.6. The number of amides is 1.